The van der Waals surface area contributed by atoms with Crippen LogP contribution in [0.4, 0.5) is 0 Å². The van der Waals surface area contributed by atoms with Crippen molar-refractivity contribution in [3.8, 4) is 10.6 Å². The third kappa shape index (κ3) is 3.71. The second-order valence-corrected chi connectivity index (χ2v) is 10.9. The summed E-state index contributed by atoms with van der Waals surface area (Å²) in [5.41, 5.74) is 4.93. The first-order valence-corrected chi connectivity index (χ1v) is 11.4. The van der Waals surface area contributed by atoms with Crippen molar-refractivity contribution in [2.75, 3.05) is 13.1 Å². The molecule has 7 nitrogen and oxygen atoms in total. The number of nitrogens with one attached hydrogen (secondary N) is 1. The molecule has 0 atom stereocenters. The smallest absolute Gasteiger partial charge is 0.265 e. The zero-order valence-corrected chi connectivity index (χ0v) is 17.8. The average Bonchev–Trinajstić information content (AvgIpc) is 3.21. The first kappa shape index (κ1) is 20.9. The highest BCUT2D eigenvalue weighted by atomic mass is 32.2. The molecule has 1 saturated heterocycles. The zero-order valence-electron chi connectivity index (χ0n) is 16.2. The average molecular weight is 424 g/mol. The van der Waals surface area contributed by atoms with Gasteiger partial charge in [0.05, 0.1) is 0 Å². The largest absolute Gasteiger partial charge is 0.289 e. The molecule has 1 amide bonds. The van der Waals surface area contributed by atoms with Gasteiger partial charge in [-0.2, -0.15) is 0 Å². The summed E-state index contributed by atoms with van der Waals surface area (Å²) < 4.78 is 25.3. The molecule has 1 aromatic heterocycles. The van der Waals surface area contributed by atoms with E-state index in [1.54, 1.807) is 17.5 Å². The maximum absolute atomic E-state index is 12.8. The van der Waals surface area contributed by atoms with Crippen molar-refractivity contribution < 1.29 is 18.4 Å². The molecule has 1 fully saturated rings. The number of piperidine rings is 1. The molecule has 1 aromatic carbocycles. The van der Waals surface area contributed by atoms with Gasteiger partial charge in [-0.05, 0) is 50.7 Å². The van der Waals surface area contributed by atoms with Crippen LogP contribution in [0.15, 0.2) is 29.8 Å². The lowest BCUT2D eigenvalue weighted by atomic mass is 9.88. The summed E-state index contributed by atoms with van der Waals surface area (Å²) in [5, 5.41) is 11.8. The Hall–Kier alpha value is -1.81. The molecule has 1 aliphatic rings. The molecule has 2 heterocycles. The van der Waals surface area contributed by atoms with E-state index in [1.165, 1.54) is 29.2 Å². The van der Waals surface area contributed by atoms with Crippen LogP contribution in [0.2, 0.25) is 0 Å². The number of benzene rings is 1. The minimum atomic E-state index is -3.87. The van der Waals surface area contributed by atoms with Crippen LogP contribution < -0.4 is 5.48 Å². The van der Waals surface area contributed by atoms with Crippen LogP contribution in [0.3, 0.4) is 0 Å². The molecule has 2 aromatic rings. The van der Waals surface area contributed by atoms with Crippen molar-refractivity contribution >= 4 is 27.3 Å². The molecular weight excluding hydrogens is 398 g/mol. The Labute approximate surface area is 169 Å². The topological polar surface area (TPSA) is 99.6 Å². The van der Waals surface area contributed by atoms with Crippen molar-refractivity contribution in [3.05, 3.63) is 40.9 Å². The summed E-state index contributed by atoms with van der Waals surface area (Å²) in [6, 6.07) is 6.34. The number of nitrogens with zero attached hydrogens (tertiary/aromatic N) is 2. The van der Waals surface area contributed by atoms with Gasteiger partial charge in [0.2, 0.25) is 10.0 Å². The predicted octanol–water partition coefficient (Wildman–Crippen LogP) is 2.91. The standard InChI is InChI=1S/C19H25N3O4S2/c1-13-12-15(4-5-16(13)17-20-8-11-27-17)14-6-9-22(10-7-14)28(25,26)19(2,3)18(23)21-24/h4-5,8,11-12,14,24H,6-7,9-10H2,1-3H3,(H,21,23). The Balaban J connectivity index is 1.72. The third-order valence-electron chi connectivity index (χ3n) is 5.47. The van der Waals surface area contributed by atoms with Crippen molar-refractivity contribution in [2.45, 2.75) is 44.3 Å². The first-order chi connectivity index (χ1) is 13.2. The van der Waals surface area contributed by atoms with Crippen LogP contribution in [0.1, 0.15) is 43.7 Å². The highest BCUT2D eigenvalue weighted by molar-refractivity contribution is 7.91. The summed E-state index contributed by atoms with van der Waals surface area (Å²) >= 11 is 1.61. The summed E-state index contributed by atoms with van der Waals surface area (Å²) in [4.78, 5) is 16.2. The van der Waals surface area contributed by atoms with Gasteiger partial charge in [-0.3, -0.25) is 10.0 Å². The van der Waals surface area contributed by atoms with Gasteiger partial charge in [-0.1, -0.05) is 18.2 Å². The molecule has 0 saturated carbocycles. The fraction of sp³-hybridized carbons (Fsp3) is 0.474. The van der Waals surface area contributed by atoms with E-state index < -0.39 is 20.7 Å². The van der Waals surface area contributed by atoms with E-state index in [0.717, 1.165) is 16.1 Å². The van der Waals surface area contributed by atoms with E-state index in [9.17, 15) is 13.2 Å². The fourth-order valence-corrected chi connectivity index (χ4v) is 5.89. The molecule has 3 rings (SSSR count). The molecular formula is C19H25N3O4S2. The summed E-state index contributed by atoms with van der Waals surface area (Å²) in [6.07, 6.45) is 3.17. The quantitative estimate of drug-likeness (QED) is 0.569. The Morgan fingerprint density at radius 2 is 2.00 bits per heavy atom. The Bertz CT molecular complexity index is 948. The van der Waals surface area contributed by atoms with Crippen molar-refractivity contribution in [1.82, 2.24) is 14.8 Å². The third-order valence-corrected chi connectivity index (χ3v) is 8.80. The van der Waals surface area contributed by atoms with Crippen molar-refractivity contribution in [1.29, 1.82) is 0 Å². The number of hydrogen-bond donors (Lipinski definition) is 2. The van der Waals surface area contributed by atoms with Crippen molar-refractivity contribution in [2.24, 2.45) is 0 Å². The number of hydrogen-bond acceptors (Lipinski definition) is 6. The monoisotopic (exact) mass is 423 g/mol. The maximum Gasteiger partial charge on any atom is 0.265 e. The molecule has 0 spiro atoms. The van der Waals surface area contributed by atoms with Crippen molar-refractivity contribution in [3.63, 3.8) is 0 Å². The Morgan fingerprint density at radius 3 is 2.54 bits per heavy atom. The highest BCUT2D eigenvalue weighted by Gasteiger charge is 2.46. The number of hydroxylamine groups is 1. The van der Waals surface area contributed by atoms with Gasteiger partial charge in [0.25, 0.3) is 5.91 Å². The molecule has 0 aliphatic carbocycles. The van der Waals surface area contributed by atoms with Gasteiger partial charge in [0.1, 0.15) is 5.01 Å². The van der Waals surface area contributed by atoms with Gasteiger partial charge < -0.3 is 0 Å². The van der Waals surface area contributed by atoms with Gasteiger partial charge in [0.15, 0.2) is 4.75 Å². The number of amides is 1. The van der Waals surface area contributed by atoms with Crippen LogP contribution in [-0.2, 0) is 14.8 Å². The number of rotatable bonds is 5. The fourth-order valence-electron chi connectivity index (χ4n) is 3.54. The molecule has 0 bridgehead atoms. The van der Waals surface area contributed by atoms with Crippen LogP contribution in [0.5, 0.6) is 0 Å². The van der Waals surface area contributed by atoms with Crippen LogP contribution in [-0.4, -0.2) is 46.7 Å². The van der Waals surface area contributed by atoms with Crippen LogP contribution in [0.25, 0.3) is 10.6 Å². The maximum atomic E-state index is 12.8. The van der Waals surface area contributed by atoms with Crippen LogP contribution in [0, 0.1) is 6.92 Å². The Kier molecular flexibility index (Phi) is 5.90. The SMILES string of the molecule is Cc1cc(C2CCN(S(=O)(=O)C(C)(C)C(=O)NO)CC2)ccc1-c1nccs1. The van der Waals surface area contributed by atoms with Crippen LogP contribution >= 0.6 is 11.3 Å². The number of sulfonamides is 1. The zero-order chi connectivity index (χ0) is 20.5. The first-order valence-electron chi connectivity index (χ1n) is 9.13. The van der Waals surface area contributed by atoms with E-state index in [4.69, 9.17) is 5.21 Å². The van der Waals surface area contributed by atoms with E-state index >= 15 is 0 Å². The van der Waals surface area contributed by atoms with E-state index in [-0.39, 0.29) is 5.92 Å². The minimum absolute atomic E-state index is 0.269. The van der Waals surface area contributed by atoms with Gasteiger partial charge >= 0.3 is 0 Å². The highest BCUT2D eigenvalue weighted by Crippen LogP contribution is 2.34. The summed E-state index contributed by atoms with van der Waals surface area (Å²) in [5.74, 6) is -0.659. The molecule has 0 unspecified atom stereocenters. The minimum Gasteiger partial charge on any atom is -0.289 e. The molecule has 9 heteroatoms. The normalized spacial score (nSPS) is 16.9. The molecule has 1 aliphatic heterocycles. The molecule has 28 heavy (non-hydrogen) atoms. The van der Waals surface area contributed by atoms with E-state index in [1.807, 2.05) is 5.38 Å². The predicted molar refractivity (Wildman–Crippen MR) is 109 cm³/mol. The number of aromatic nitrogens is 1. The lowest BCUT2D eigenvalue weighted by Gasteiger charge is -2.36. The second kappa shape index (κ2) is 7.90. The number of thiazole rings is 1. The lowest BCUT2D eigenvalue weighted by molar-refractivity contribution is -0.131. The number of carbonyl (C=O) groups is 1. The van der Waals surface area contributed by atoms with E-state index in [2.05, 4.69) is 30.1 Å². The lowest BCUT2D eigenvalue weighted by Crippen LogP contribution is -2.54. The van der Waals surface area contributed by atoms with E-state index in [0.29, 0.717) is 25.9 Å². The second-order valence-electron chi connectivity index (χ2n) is 7.54. The van der Waals surface area contributed by atoms with Gasteiger partial charge in [-0.25, -0.2) is 23.2 Å². The molecule has 2 N–H and O–H groups in total. The summed E-state index contributed by atoms with van der Waals surface area (Å²) in [6.45, 7) is 5.38. The van der Waals surface area contributed by atoms with Gasteiger partial charge in [-0.15, -0.1) is 11.3 Å². The number of carbonyl (C=O) groups excluding carboxylic acids is 1. The molecule has 0 radical (unpaired) electrons. The number of aryl methyl sites for hydroxylation is 1. The Morgan fingerprint density at radius 1 is 1.32 bits per heavy atom. The van der Waals surface area contributed by atoms with Gasteiger partial charge in [0, 0.05) is 30.2 Å². The summed E-state index contributed by atoms with van der Waals surface area (Å²) in [7, 11) is -3.87. The molecule has 152 valence electrons.